The number of benzene rings is 1. The maximum absolute atomic E-state index is 6.30. The number of nitrogens with one attached hydrogen (secondary N) is 1. The van der Waals surface area contributed by atoms with Crippen LogP contribution in [0.15, 0.2) is 17.7 Å². The van der Waals surface area contributed by atoms with Crippen LogP contribution in [0.1, 0.15) is 39.7 Å². The van der Waals surface area contributed by atoms with Crippen molar-refractivity contribution in [2.75, 3.05) is 20.3 Å². The average molecular weight is 312 g/mol. The van der Waals surface area contributed by atoms with Crippen LogP contribution in [-0.2, 0) is 0 Å². The third kappa shape index (κ3) is 5.60. The molecule has 21 heavy (non-hydrogen) atoms. The largest absolute Gasteiger partial charge is 0.493 e. The van der Waals surface area contributed by atoms with Gasteiger partial charge in [-0.2, -0.15) is 0 Å². The van der Waals surface area contributed by atoms with E-state index in [1.807, 2.05) is 19.1 Å². The second-order valence-corrected chi connectivity index (χ2v) is 5.57. The first-order valence-electron chi connectivity index (χ1n) is 7.44. The summed E-state index contributed by atoms with van der Waals surface area (Å²) in [5, 5.41) is 4.01. The first-order valence-corrected chi connectivity index (χ1v) is 7.82. The van der Waals surface area contributed by atoms with E-state index in [-0.39, 0.29) is 0 Å². The molecule has 0 atom stereocenters. The van der Waals surface area contributed by atoms with Crippen molar-refractivity contribution in [2.45, 2.75) is 40.2 Å². The van der Waals surface area contributed by atoms with Crippen molar-refractivity contribution in [3.05, 3.63) is 28.3 Å². The second-order valence-electron chi connectivity index (χ2n) is 5.16. The van der Waals surface area contributed by atoms with E-state index in [1.54, 1.807) is 7.11 Å². The molecule has 1 aromatic rings. The predicted molar refractivity (Wildman–Crippen MR) is 90.6 cm³/mol. The van der Waals surface area contributed by atoms with E-state index in [9.17, 15) is 0 Å². The van der Waals surface area contributed by atoms with Gasteiger partial charge in [0, 0.05) is 12.6 Å². The molecule has 0 unspecified atom stereocenters. The van der Waals surface area contributed by atoms with Crippen LogP contribution in [0.4, 0.5) is 0 Å². The van der Waals surface area contributed by atoms with Crippen molar-refractivity contribution in [2.24, 2.45) is 0 Å². The molecule has 1 rings (SSSR count). The number of rotatable bonds is 8. The van der Waals surface area contributed by atoms with E-state index in [0.717, 1.165) is 18.5 Å². The molecule has 1 N–H and O–H groups in total. The van der Waals surface area contributed by atoms with Crippen molar-refractivity contribution >= 4 is 17.7 Å². The lowest BCUT2D eigenvalue weighted by molar-refractivity contribution is 0.311. The van der Waals surface area contributed by atoms with Gasteiger partial charge in [0.1, 0.15) is 0 Å². The van der Waals surface area contributed by atoms with Gasteiger partial charge < -0.3 is 14.8 Å². The first kappa shape index (κ1) is 17.9. The van der Waals surface area contributed by atoms with Crippen molar-refractivity contribution in [3.63, 3.8) is 0 Å². The molecule has 3 nitrogen and oxygen atoms in total. The van der Waals surface area contributed by atoms with Gasteiger partial charge in [0.25, 0.3) is 0 Å². The lowest BCUT2D eigenvalue weighted by atomic mass is 10.1. The number of halogens is 1. The van der Waals surface area contributed by atoms with Gasteiger partial charge in [-0.15, -0.1) is 0 Å². The molecule has 118 valence electrons. The van der Waals surface area contributed by atoms with Gasteiger partial charge >= 0.3 is 0 Å². The normalized spacial score (nSPS) is 11.9. The second kappa shape index (κ2) is 8.96. The van der Waals surface area contributed by atoms with Crippen molar-refractivity contribution in [3.8, 4) is 11.5 Å². The molecular weight excluding hydrogens is 286 g/mol. The van der Waals surface area contributed by atoms with E-state index in [2.05, 4.69) is 32.2 Å². The fourth-order valence-corrected chi connectivity index (χ4v) is 2.23. The van der Waals surface area contributed by atoms with Gasteiger partial charge in [-0.25, -0.2) is 0 Å². The topological polar surface area (TPSA) is 30.5 Å². The highest BCUT2D eigenvalue weighted by Crippen LogP contribution is 2.37. The molecular formula is C17H26ClNO2. The van der Waals surface area contributed by atoms with Crippen LogP contribution >= 0.6 is 11.6 Å². The van der Waals surface area contributed by atoms with E-state index in [1.165, 1.54) is 5.57 Å². The number of hydrogen-bond donors (Lipinski definition) is 1. The molecule has 4 heteroatoms. The molecule has 0 spiro atoms. The van der Waals surface area contributed by atoms with Gasteiger partial charge in [-0.3, -0.25) is 0 Å². The zero-order chi connectivity index (χ0) is 15.8. The van der Waals surface area contributed by atoms with Crippen LogP contribution in [0.25, 0.3) is 6.08 Å². The highest BCUT2D eigenvalue weighted by atomic mass is 35.5. The summed E-state index contributed by atoms with van der Waals surface area (Å²) in [5.41, 5.74) is 2.36. The lowest BCUT2D eigenvalue weighted by Gasteiger charge is -2.13. The Kier molecular flexibility index (Phi) is 7.62. The van der Waals surface area contributed by atoms with Crippen LogP contribution in [0.3, 0.4) is 0 Å². The molecule has 0 fully saturated rings. The number of hydrogen-bond acceptors (Lipinski definition) is 3. The Labute approximate surface area is 133 Å². The molecule has 0 saturated carbocycles. The van der Waals surface area contributed by atoms with Gasteiger partial charge in [-0.1, -0.05) is 44.0 Å². The Morgan fingerprint density at radius 3 is 2.57 bits per heavy atom. The van der Waals surface area contributed by atoms with Crippen LogP contribution in [-0.4, -0.2) is 26.3 Å². The summed E-state index contributed by atoms with van der Waals surface area (Å²) in [6.45, 7) is 9.80. The van der Waals surface area contributed by atoms with Crippen LogP contribution in [0.2, 0.25) is 5.02 Å². The summed E-state index contributed by atoms with van der Waals surface area (Å²) in [5.74, 6) is 1.28. The third-order valence-electron chi connectivity index (χ3n) is 3.10. The molecule has 1 aromatic carbocycles. The molecule has 0 amide bonds. The van der Waals surface area contributed by atoms with Gasteiger partial charge in [-0.05, 0) is 31.0 Å². The lowest BCUT2D eigenvalue weighted by Crippen LogP contribution is -2.24. The van der Waals surface area contributed by atoms with Crippen molar-refractivity contribution in [1.29, 1.82) is 0 Å². The SMILES string of the molecule is CCOc1c(Cl)cc(C=C(CC)CNC(C)C)cc1OC. The van der Waals surface area contributed by atoms with Crippen LogP contribution in [0.5, 0.6) is 11.5 Å². The number of methoxy groups -OCH3 is 1. The molecule has 0 aliphatic rings. The summed E-state index contributed by atoms with van der Waals surface area (Å²) in [6, 6.07) is 4.35. The Bertz CT molecular complexity index is 484. The fraction of sp³-hybridized carbons (Fsp3) is 0.529. The molecule has 0 aliphatic heterocycles. The third-order valence-corrected chi connectivity index (χ3v) is 3.38. The van der Waals surface area contributed by atoms with Gasteiger partial charge in [0.2, 0.25) is 0 Å². The standard InChI is InChI=1S/C17H26ClNO2/c1-6-13(11-19-12(3)4)8-14-9-15(18)17(21-7-2)16(10-14)20-5/h8-10,12,19H,6-7,11H2,1-5H3. The Morgan fingerprint density at radius 2 is 2.05 bits per heavy atom. The first-order chi connectivity index (χ1) is 10.0. The van der Waals surface area contributed by atoms with Gasteiger partial charge in [0.15, 0.2) is 11.5 Å². The maximum atomic E-state index is 6.30. The fourth-order valence-electron chi connectivity index (χ4n) is 1.96. The zero-order valence-corrected chi connectivity index (χ0v) is 14.4. The number of ether oxygens (including phenoxy) is 2. The molecule has 0 heterocycles. The molecule has 0 aromatic heterocycles. The highest BCUT2D eigenvalue weighted by molar-refractivity contribution is 6.32. The minimum atomic E-state index is 0.471. The highest BCUT2D eigenvalue weighted by Gasteiger charge is 2.11. The van der Waals surface area contributed by atoms with E-state index in [4.69, 9.17) is 21.1 Å². The van der Waals surface area contributed by atoms with Gasteiger partial charge in [0.05, 0.1) is 18.7 Å². The summed E-state index contributed by atoms with van der Waals surface area (Å²) in [6.07, 6.45) is 3.15. The summed E-state index contributed by atoms with van der Waals surface area (Å²) in [4.78, 5) is 0. The average Bonchev–Trinajstić information content (AvgIpc) is 2.45. The van der Waals surface area contributed by atoms with E-state index >= 15 is 0 Å². The van der Waals surface area contributed by atoms with Crippen LogP contribution in [0, 0.1) is 0 Å². The monoisotopic (exact) mass is 311 g/mol. The smallest absolute Gasteiger partial charge is 0.179 e. The van der Waals surface area contributed by atoms with Crippen LogP contribution < -0.4 is 14.8 Å². The Morgan fingerprint density at radius 1 is 1.33 bits per heavy atom. The quantitative estimate of drug-likeness (QED) is 0.764. The minimum absolute atomic E-state index is 0.471. The summed E-state index contributed by atoms with van der Waals surface area (Å²) in [7, 11) is 1.63. The molecule has 0 saturated heterocycles. The molecule has 0 bridgehead atoms. The maximum Gasteiger partial charge on any atom is 0.179 e. The Balaban J connectivity index is 3.04. The van der Waals surface area contributed by atoms with Crippen molar-refractivity contribution in [1.82, 2.24) is 5.32 Å². The minimum Gasteiger partial charge on any atom is -0.493 e. The zero-order valence-electron chi connectivity index (χ0n) is 13.6. The summed E-state index contributed by atoms with van der Waals surface area (Å²) >= 11 is 6.30. The van der Waals surface area contributed by atoms with E-state index in [0.29, 0.717) is 29.2 Å². The molecule has 0 aliphatic carbocycles. The van der Waals surface area contributed by atoms with E-state index < -0.39 is 0 Å². The Hall–Kier alpha value is -1.19. The molecule has 0 radical (unpaired) electrons. The summed E-state index contributed by atoms with van der Waals surface area (Å²) < 4.78 is 10.9. The van der Waals surface area contributed by atoms with Crippen molar-refractivity contribution < 1.29 is 9.47 Å². The predicted octanol–water partition coefficient (Wildman–Crippen LogP) is 4.54.